The van der Waals surface area contributed by atoms with Gasteiger partial charge in [-0.2, -0.15) is 0 Å². The minimum Gasteiger partial charge on any atom is -0.460 e. The molecule has 6 rings (SSSR count). The molecule has 0 aliphatic heterocycles. The van der Waals surface area contributed by atoms with Crippen LogP contribution in [0.25, 0.3) is 11.3 Å². The van der Waals surface area contributed by atoms with Gasteiger partial charge in [0.25, 0.3) is 0 Å². The summed E-state index contributed by atoms with van der Waals surface area (Å²) < 4.78 is 19.9. The Kier molecular flexibility index (Phi) is 3.97. The maximum Gasteiger partial charge on any atom is 0.137 e. The third-order valence-corrected chi connectivity index (χ3v) is 7.39. The van der Waals surface area contributed by atoms with Gasteiger partial charge in [0.2, 0.25) is 0 Å². The van der Waals surface area contributed by atoms with Crippen LogP contribution in [0.2, 0.25) is 0 Å². The van der Waals surface area contributed by atoms with Gasteiger partial charge in [0.1, 0.15) is 17.3 Å². The zero-order chi connectivity index (χ0) is 17.7. The number of benzene rings is 1. The summed E-state index contributed by atoms with van der Waals surface area (Å²) in [5.41, 5.74) is 1.03. The Hall–Kier alpha value is -1.61. The second-order valence-electron chi connectivity index (χ2n) is 9.13. The van der Waals surface area contributed by atoms with Crippen molar-refractivity contribution in [1.82, 2.24) is 5.32 Å². The van der Waals surface area contributed by atoms with E-state index in [-0.39, 0.29) is 5.82 Å². The SMILES string of the molecule is C[C@H](NCc1ccc(-c2ccccc2F)o1)C12CC3CC(CC(C3)C1)C2. The molecule has 4 fully saturated rings. The smallest absolute Gasteiger partial charge is 0.137 e. The fourth-order valence-corrected chi connectivity index (χ4v) is 6.46. The summed E-state index contributed by atoms with van der Waals surface area (Å²) in [6, 6.07) is 11.2. The molecular formula is C23H28FNO. The van der Waals surface area contributed by atoms with E-state index in [1.54, 1.807) is 12.1 Å². The fraction of sp³-hybridized carbons (Fsp3) is 0.565. The van der Waals surface area contributed by atoms with Crippen molar-refractivity contribution in [3.8, 4) is 11.3 Å². The molecule has 1 aromatic carbocycles. The maximum atomic E-state index is 13.9. The van der Waals surface area contributed by atoms with E-state index in [2.05, 4.69) is 12.2 Å². The Bertz CT molecular complexity index is 760. The third-order valence-electron chi connectivity index (χ3n) is 7.39. The summed E-state index contributed by atoms with van der Waals surface area (Å²) in [4.78, 5) is 0. The van der Waals surface area contributed by atoms with Crippen LogP contribution in [0.4, 0.5) is 4.39 Å². The van der Waals surface area contributed by atoms with Gasteiger partial charge in [-0.1, -0.05) is 12.1 Å². The van der Waals surface area contributed by atoms with Crippen LogP contribution in [-0.2, 0) is 6.54 Å². The van der Waals surface area contributed by atoms with Crippen LogP contribution in [0.1, 0.15) is 51.2 Å². The Labute approximate surface area is 155 Å². The molecule has 0 unspecified atom stereocenters. The molecule has 2 nitrogen and oxygen atoms in total. The first-order chi connectivity index (χ1) is 12.6. The zero-order valence-corrected chi connectivity index (χ0v) is 15.5. The van der Waals surface area contributed by atoms with Crippen molar-refractivity contribution >= 4 is 0 Å². The predicted molar refractivity (Wildman–Crippen MR) is 101 cm³/mol. The molecule has 1 N–H and O–H groups in total. The molecule has 26 heavy (non-hydrogen) atoms. The van der Waals surface area contributed by atoms with Crippen molar-refractivity contribution in [2.24, 2.45) is 23.2 Å². The standard InChI is InChI=1S/C23H28FNO/c1-15(23-11-16-8-17(12-23)10-18(9-16)13-23)25-14-19-6-7-22(26-19)20-4-2-3-5-21(20)24/h2-7,15-18,25H,8-14H2,1H3/t15-,16?,17?,18?,23?/m0/s1. The number of nitrogens with one attached hydrogen (secondary N) is 1. The second kappa shape index (κ2) is 6.23. The first kappa shape index (κ1) is 16.6. The monoisotopic (exact) mass is 353 g/mol. The van der Waals surface area contributed by atoms with E-state index in [9.17, 15) is 4.39 Å². The van der Waals surface area contributed by atoms with Gasteiger partial charge in [0.05, 0.1) is 12.1 Å². The summed E-state index contributed by atoms with van der Waals surface area (Å²) in [6.07, 6.45) is 8.67. The molecule has 0 saturated heterocycles. The molecule has 0 amide bonds. The molecule has 3 heteroatoms. The number of halogens is 1. The lowest BCUT2D eigenvalue weighted by Gasteiger charge is -2.59. The Morgan fingerprint density at radius 3 is 2.35 bits per heavy atom. The molecule has 2 aromatic rings. The van der Waals surface area contributed by atoms with Gasteiger partial charge >= 0.3 is 0 Å². The van der Waals surface area contributed by atoms with Gasteiger partial charge in [0, 0.05) is 6.04 Å². The quantitative estimate of drug-likeness (QED) is 0.737. The van der Waals surface area contributed by atoms with E-state index in [0.717, 1.165) is 30.1 Å². The van der Waals surface area contributed by atoms with Crippen LogP contribution in [0.15, 0.2) is 40.8 Å². The van der Waals surface area contributed by atoms with Crippen LogP contribution >= 0.6 is 0 Å². The van der Waals surface area contributed by atoms with Crippen molar-refractivity contribution in [3.05, 3.63) is 48.0 Å². The van der Waals surface area contributed by atoms with Crippen LogP contribution in [0.3, 0.4) is 0 Å². The van der Waals surface area contributed by atoms with E-state index < -0.39 is 0 Å². The van der Waals surface area contributed by atoms with Crippen molar-refractivity contribution in [1.29, 1.82) is 0 Å². The van der Waals surface area contributed by atoms with Gasteiger partial charge in [-0.25, -0.2) is 4.39 Å². The lowest BCUT2D eigenvalue weighted by Crippen LogP contribution is -2.54. The second-order valence-corrected chi connectivity index (χ2v) is 9.13. The maximum absolute atomic E-state index is 13.9. The highest BCUT2D eigenvalue weighted by molar-refractivity contribution is 5.58. The van der Waals surface area contributed by atoms with Crippen molar-refractivity contribution < 1.29 is 8.81 Å². The highest BCUT2D eigenvalue weighted by atomic mass is 19.1. The number of rotatable bonds is 5. The van der Waals surface area contributed by atoms with Crippen LogP contribution < -0.4 is 5.32 Å². The normalized spacial score (nSPS) is 33.5. The predicted octanol–water partition coefficient (Wildman–Crippen LogP) is 5.78. The summed E-state index contributed by atoms with van der Waals surface area (Å²) >= 11 is 0. The summed E-state index contributed by atoms with van der Waals surface area (Å²) in [5, 5.41) is 3.75. The molecule has 0 radical (unpaired) electrons. The summed E-state index contributed by atoms with van der Waals surface area (Å²) in [6.45, 7) is 3.09. The van der Waals surface area contributed by atoms with E-state index >= 15 is 0 Å². The van der Waals surface area contributed by atoms with Gasteiger partial charge < -0.3 is 9.73 Å². The van der Waals surface area contributed by atoms with E-state index in [0.29, 0.717) is 22.8 Å². The highest BCUT2D eigenvalue weighted by Crippen LogP contribution is 2.61. The number of hydrogen-bond acceptors (Lipinski definition) is 2. The number of furan rings is 1. The minimum atomic E-state index is -0.233. The van der Waals surface area contributed by atoms with Gasteiger partial charge in [-0.3, -0.25) is 0 Å². The zero-order valence-electron chi connectivity index (χ0n) is 15.5. The molecule has 4 aliphatic carbocycles. The topological polar surface area (TPSA) is 25.2 Å². The summed E-state index contributed by atoms with van der Waals surface area (Å²) in [7, 11) is 0. The van der Waals surface area contributed by atoms with E-state index in [1.165, 1.54) is 44.6 Å². The Balaban J connectivity index is 1.26. The van der Waals surface area contributed by atoms with Gasteiger partial charge in [-0.05, 0) is 92.9 Å². The minimum absolute atomic E-state index is 0.233. The lowest BCUT2D eigenvalue weighted by atomic mass is 9.48. The van der Waals surface area contributed by atoms with Gasteiger partial charge in [0.15, 0.2) is 0 Å². The molecule has 1 atom stereocenters. The first-order valence-electron chi connectivity index (χ1n) is 10.2. The fourth-order valence-electron chi connectivity index (χ4n) is 6.46. The molecular weight excluding hydrogens is 325 g/mol. The molecule has 4 bridgehead atoms. The molecule has 0 spiro atoms. The molecule has 4 saturated carbocycles. The molecule has 1 heterocycles. The van der Waals surface area contributed by atoms with Crippen LogP contribution in [0.5, 0.6) is 0 Å². The van der Waals surface area contributed by atoms with Crippen LogP contribution in [0, 0.1) is 29.0 Å². The average molecular weight is 353 g/mol. The summed E-state index contributed by atoms with van der Waals surface area (Å²) in [5.74, 6) is 4.19. The first-order valence-corrected chi connectivity index (χ1v) is 10.2. The average Bonchev–Trinajstić information content (AvgIpc) is 3.07. The van der Waals surface area contributed by atoms with Gasteiger partial charge in [-0.15, -0.1) is 0 Å². The van der Waals surface area contributed by atoms with E-state index in [4.69, 9.17) is 4.42 Å². The third kappa shape index (κ3) is 2.81. The molecule has 138 valence electrons. The Morgan fingerprint density at radius 2 is 1.69 bits per heavy atom. The molecule has 1 aromatic heterocycles. The molecule has 4 aliphatic rings. The Morgan fingerprint density at radius 1 is 1.04 bits per heavy atom. The number of hydrogen-bond donors (Lipinski definition) is 1. The highest BCUT2D eigenvalue weighted by Gasteiger charge is 2.52. The van der Waals surface area contributed by atoms with E-state index in [1.807, 2.05) is 18.2 Å². The van der Waals surface area contributed by atoms with Crippen molar-refractivity contribution in [2.45, 2.75) is 58.0 Å². The van der Waals surface area contributed by atoms with Crippen molar-refractivity contribution in [2.75, 3.05) is 0 Å². The largest absolute Gasteiger partial charge is 0.460 e. The lowest BCUT2D eigenvalue weighted by molar-refractivity contribution is -0.0708. The van der Waals surface area contributed by atoms with Crippen LogP contribution in [-0.4, -0.2) is 6.04 Å². The van der Waals surface area contributed by atoms with Crippen molar-refractivity contribution in [3.63, 3.8) is 0 Å².